The van der Waals surface area contributed by atoms with Gasteiger partial charge in [0.15, 0.2) is 0 Å². The summed E-state index contributed by atoms with van der Waals surface area (Å²) in [5.41, 5.74) is 1.76. The van der Waals surface area contributed by atoms with Crippen LogP contribution in [0.2, 0.25) is 0 Å². The maximum absolute atomic E-state index is 8.64. The molecule has 0 aliphatic carbocycles. The van der Waals surface area contributed by atoms with E-state index >= 15 is 0 Å². The molecule has 1 aliphatic rings. The van der Waals surface area contributed by atoms with E-state index < -0.39 is 0 Å². The minimum Gasteiger partial charge on any atom is -0.530 e. The average molecular weight is 374 g/mol. The number of nitrogens with zero attached hydrogens (tertiary/aromatic N) is 2. The van der Waals surface area contributed by atoms with E-state index in [0.29, 0.717) is 11.5 Å². The number of nitriles is 1. The Labute approximate surface area is 104 Å². The molecule has 0 N–H and O–H groups in total. The second-order valence-corrected chi connectivity index (χ2v) is 3.33. The molecule has 2 rings (SSSR count). The number of benzene rings is 1. The van der Waals surface area contributed by atoms with Crippen molar-refractivity contribution >= 4 is 0 Å². The van der Waals surface area contributed by atoms with E-state index in [4.69, 9.17) is 5.26 Å². The summed E-state index contributed by atoms with van der Waals surface area (Å²) in [6, 6.07) is 10.7. The van der Waals surface area contributed by atoms with E-state index in [9.17, 15) is 0 Å². The summed E-state index contributed by atoms with van der Waals surface area (Å²) in [5.74, 6) is 0.299. The smallest absolute Gasteiger partial charge is 0.0307 e. The van der Waals surface area contributed by atoms with E-state index in [1.165, 1.54) is 0 Å². The first kappa shape index (κ1) is 12.0. The Hall–Kier alpha value is -1.10. The monoisotopic (exact) mass is 375 g/mol. The van der Waals surface area contributed by atoms with Crippen molar-refractivity contribution in [3.8, 4) is 6.07 Å². The van der Waals surface area contributed by atoms with E-state index in [0.717, 1.165) is 5.56 Å². The summed E-state index contributed by atoms with van der Waals surface area (Å²) >= 11 is 0. The molecular weight excluding hydrogens is 364 g/mol. The zero-order chi connectivity index (χ0) is 9.97. The van der Waals surface area contributed by atoms with Crippen molar-refractivity contribution in [2.45, 2.75) is 5.92 Å². The Morgan fingerprint density at radius 2 is 2.33 bits per heavy atom. The Bertz CT molecular complexity index is 389. The maximum atomic E-state index is 8.64. The van der Waals surface area contributed by atoms with Crippen molar-refractivity contribution in [3.05, 3.63) is 54.2 Å². The van der Waals surface area contributed by atoms with Gasteiger partial charge in [0.1, 0.15) is 0 Å². The second kappa shape index (κ2) is 5.11. The van der Waals surface area contributed by atoms with Gasteiger partial charge in [0.05, 0.1) is 0 Å². The van der Waals surface area contributed by atoms with Gasteiger partial charge >= 0.3 is 0 Å². The van der Waals surface area contributed by atoms with Gasteiger partial charge in [-0.25, -0.2) is 11.8 Å². The quantitative estimate of drug-likeness (QED) is 0.704. The van der Waals surface area contributed by atoms with E-state index in [1.807, 2.05) is 30.3 Å². The van der Waals surface area contributed by atoms with Gasteiger partial charge in [-0.05, 0) is 13.2 Å². The average Bonchev–Trinajstić information content (AvgIpc) is 2.65. The first-order valence-electron chi connectivity index (χ1n) is 4.46. The standard InChI is InChI=1S/C12H10N2.Ir/c1-14-7-6-12(9-14)11-4-2-10(8-13)3-5-11;/h2-4,6-7,9,12H,1H3;/q-2;. The van der Waals surface area contributed by atoms with Crippen LogP contribution in [0, 0.1) is 23.9 Å². The van der Waals surface area contributed by atoms with Crippen LogP contribution in [0.3, 0.4) is 0 Å². The molecule has 1 atom stereocenters. The van der Waals surface area contributed by atoms with Gasteiger partial charge in [0.25, 0.3) is 0 Å². The zero-order valence-corrected chi connectivity index (χ0v) is 10.7. The largest absolute Gasteiger partial charge is 0.530 e. The minimum atomic E-state index is 0. The minimum absolute atomic E-state index is 0. The molecule has 0 fully saturated rings. The SMILES string of the molecule is CN1C=CC(c2[c-]cc(C#N)cc2)[CH-]1.[Ir]. The van der Waals surface area contributed by atoms with Gasteiger partial charge in [-0.1, -0.05) is 11.6 Å². The van der Waals surface area contributed by atoms with E-state index in [-0.39, 0.29) is 20.1 Å². The van der Waals surface area contributed by atoms with Gasteiger partial charge in [-0.3, -0.25) is 0 Å². The first-order valence-corrected chi connectivity index (χ1v) is 4.46. The Kier molecular flexibility index (Phi) is 4.08. The third-order valence-electron chi connectivity index (χ3n) is 2.25. The van der Waals surface area contributed by atoms with Crippen molar-refractivity contribution in [1.82, 2.24) is 4.90 Å². The summed E-state index contributed by atoms with van der Waals surface area (Å²) in [7, 11) is 2.00. The van der Waals surface area contributed by atoms with Crippen molar-refractivity contribution in [2.24, 2.45) is 0 Å². The summed E-state index contributed by atoms with van der Waals surface area (Å²) in [4.78, 5) is 2.02. The Morgan fingerprint density at radius 3 is 2.80 bits per heavy atom. The molecular formula is C12H10IrN2-2. The fourth-order valence-corrected chi connectivity index (χ4v) is 1.48. The number of hydrogen-bond acceptors (Lipinski definition) is 2. The van der Waals surface area contributed by atoms with Crippen molar-refractivity contribution in [2.75, 3.05) is 7.05 Å². The van der Waals surface area contributed by atoms with Crippen molar-refractivity contribution < 1.29 is 20.1 Å². The molecule has 0 saturated carbocycles. The number of likely N-dealkylation sites (N-methyl/N-ethyl adjacent to an activating group) is 1. The van der Waals surface area contributed by atoms with Gasteiger partial charge in [-0.15, -0.1) is 5.92 Å². The van der Waals surface area contributed by atoms with Gasteiger partial charge in [0.2, 0.25) is 0 Å². The number of rotatable bonds is 1. The molecule has 0 saturated heterocycles. The van der Waals surface area contributed by atoms with Crippen LogP contribution in [-0.4, -0.2) is 11.9 Å². The summed E-state index contributed by atoms with van der Waals surface area (Å²) in [6.07, 6.45) is 4.13. The molecule has 1 aromatic rings. The number of hydrogen-bond donors (Lipinski definition) is 0. The molecule has 1 aromatic carbocycles. The zero-order valence-electron chi connectivity index (χ0n) is 8.27. The fraction of sp³-hybridized carbons (Fsp3) is 0.167. The molecule has 0 aromatic heterocycles. The van der Waals surface area contributed by atoms with E-state index in [1.54, 1.807) is 6.07 Å². The third-order valence-corrected chi connectivity index (χ3v) is 2.25. The molecule has 79 valence electrons. The van der Waals surface area contributed by atoms with Gasteiger partial charge in [0, 0.05) is 26.2 Å². The summed E-state index contributed by atoms with van der Waals surface area (Å²) in [6.45, 7) is 2.11. The molecule has 1 aliphatic heterocycles. The van der Waals surface area contributed by atoms with Crippen LogP contribution in [-0.2, 0) is 20.1 Å². The maximum Gasteiger partial charge on any atom is 0.0307 e. The molecule has 0 amide bonds. The van der Waals surface area contributed by atoms with Crippen molar-refractivity contribution in [1.29, 1.82) is 5.26 Å². The predicted octanol–water partition coefficient (Wildman–Crippen LogP) is 2.06. The molecule has 15 heavy (non-hydrogen) atoms. The molecule has 2 nitrogen and oxygen atoms in total. The Balaban J connectivity index is 0.00000112. The van der Waals surface area contributed by atoms with E-state index in [2.05, 4.69) is 24.8 Å². The van der Waals surface area contributed by atoms with Crippen LogP contribution in [0.1, 0.15) is 17.0 Å². The predicted molar refractivity (Wildman–Crippen MR) is 53.9 cm³/mol. The van der Waals surface area contributed by atoms with Crippen LogP contribution in [0.4, 0.5) is 0 Å². The molecule has 1 radical (unpaired) electrons. The summed E-state index contributed by atoms with van der Waals surface area (Å²) < 4.78 is 0. The summed E-state index contributed by atoms with van der Waals surface area (Å²) in [5, 5.41) is 8.64. The molecule has 3 heteroatoms. The molecule has 0 spiro atoms. The normalized spacial score (nSPS) is 18.4. The molecule has 1 unspecified atom stereocenters. The van der Waals surface area contributed by atoms with Crippen LogP contribution < -0.4 is 0 Å². The third kappa shape index (κ3) is 2.68. The van der Waals surface area contributed by atoms with Crippen LogP contribution in [0.15, 0.2) is 30.5 Å². The Morgan fingerprint density at radius 1 is 1.53 bits per heavy atom. The van der Waals surface area contributed by atoms with Crippen LogP contribution in [0.25, 0.3) is 0 Å². The topological polar surface area (TPSA) is 27.0 Å². The van der Waals surface area contributed by atoms with Crippen LogP contribution >= 0.6 is 0 Å². The van der Waals surface area contributed by atoms with Crippen LogP contribution in [0.5, 0.6) is 0 Å². The molecule has 1 heterocycles. The first-order chi connectivity index (χ1) is 6.79. The fourth-order valence-electron chi connectivity index (χ4n) is 1.48. The second-order valence-electron chi connectivity index (χ2n) is 3.33. The van der Waals surface area contributed by atoms with Crippen molar-refractivity contribution in [3.63, 3.8) is 0 Å². The van der Waals surface area contributed by atoms with Gasteiger partial charge in [-0.2, -0.15) is 29.8 Å². The van der Waals surface area contributed by atoms with Gasteiger partial charge < -0.3 is 4.90 Å². The molecule has 0 bridgehead atoms.